The van der Waals surface area contributed by atoms with Crippen molar-refractivity contribution in [1.82, 2.24) is 10.6 Å². The van der Waals surface area contributed by atoms with Gasteiger partial charge in [0.05, 0.1) is 25.5 Å². The highest BCUT2D eigenvalue weighted by Crippen LogP contribution is 2.01. The van der Waals surface area contributed by atoms with Gasteiger partial charge in [-0.1, -0.05) is 0 Å². The summed E-state index contributed by atoms with van der Waals surface area (Å²) in [7, 11) is 1.56. The first-order valence-corrected chi connectivity index (χ1v) is 5.42. The van der Waals surface area contributed by atoms with Crippen molar-refractivity contribution in [1.29, 1.82) is 0 Å². The van der Waals surface area contributed by atoms with E-state index in [1.807, 2.05) is 0 Å². The lowest BCUT2D eigenvalue weighted by atomic mass is 10.3. The van der Waals surface area contributed by atoms with Gasteiger partial charge in [-0.05, 0) is 12.1 Å². The van der Waals surface area contributed by atoms with Crippen molar-refractivity contribution in [2.45, 2.75) is 12.7 Å². The van der Waals surface area contributed by atoms with E-state index in [0.717, 1.165) is 5.76 Å². The Kier molecular flexibility index (Phi) is 6.31. The van der Waals surface area contributed by atoms with Crippen LogP contribution in [0.5, 0.6) is 0 Å². The van der Waals surface area contributed by atoms with E-state index in [9.17, 15) is 9.90 Å². The van der Waals surface area contributed by atoms with Gasteiger partial charge in [-0.15, -0.1) is 0 Å². The van der Waals surface area contributed by atoms with Crippen molar-refractivity contribution in [3.63, 3.8) is 0 Å². The summed E-state index contributed by atoms with van der Waals surface area (Å²) in [4.78, 5) is 10.9. The second kappa shape index (κ2) is 7.83. The number of ether oxygens (including phenoxy) is 1. The first kappa shape index (κ1) is 13.7. The molecule has 1 amide bonds. The monoisotopic (exact) mass is 242 g/mol. The van der Waals surface area contributed by atoms with Crippen molar-refractivity contribution in [2.24, 2.45) is 0 Å². The average Bonchev–Trinajstić information content (AvgIpc) is 2.82. The predicted molar refractivity (Wildman–Crippen MR) is 61.3 cm³/mol. The van der Waals surface area contributed by atoms with E-state index in [1.54, 1.807) is 25.4 Å². The first-order valence-electron chi connectivity index (χ1n) is 5.42. The Bertz CT molecular complexity index is 313. The minimum Gasteiger partial charge on any atom is -0.467 e. The molecule has 0 aliphatic carbocycles. The normalized spacial score (nSPS) is 12.4. The van der Waals surface area contributed by atoms with E-state index in [-0.39, 0.29) is 19.1 Å². The van der Waals surface area contributed by atoms with Crippen LogP contribution < -0.4 is 10.6 Å². The van der Waals surface area contributed by atoms with Gasteiger partial charge in [0.2, 0.25) is 5.91 Å². The summed E-state index contributed by atoms with van der Waals surface area (Å²) in [5, 5.41) is 14.8. The standard InChI is InChI=1S/C11H18N2O4/c1-12-11(15)6-13-5-9(14)7-16-8-10-3-2-4-17-10/h2-4,9,13-14H,5-8H2,1H3,(H,12,15). The van der Waals surface area contributed by atoms with Crippen LogP contribution in [0.15, 0.2) is 22.8 Å². The molecule has 1 rings (SSSR count). The molecule has 1 atom stereocenters. The van der Waals surface area contributed by atoms with Gasteiger partial charge in [0.15, 0.2) is 0 Å². The van der Waals surface area contributed by atoms with Crippen molar-refractivity contribution >= 4 is 5.91 Å². The van der Waals surface area contributed by atoms with Crippen molar-refractivity contribution < 1.29 is 19.1 Å². The Morgan fingerprint density at radius 3 is 3.12 bits per heavy atom. The molecule has 17 heavy (non-hydrogen) atoms. The fourth-order valence-electron chi connectivity index (χ4n) is 1.19. The van der Waals surface area contributed by atoms with E-state index >= 15 is 0 Å². The summed E-state index contributed by atoms with van der Waals surface area (Å²) in [5.74, 6) is 0.601. The summed E-state index contributed by atoms with van der Waals surface area (Å²) < 4.78 is 10.3. The maximum absolute atomic E-state index is 10.9. The molecule has 0 aliphatic heterocycles. The molecule has 96 valence electrons. The van der Waals surface area contributed by atoms with Gasteiger partial charge in [-0.3, -0.25) is 4.79 Å². The van der Waals surface area contributed by atoms with Gasteiger partial charge < -0.3 is 24.9 Å². The van der Waals surface area contributed by atoms with Crippen LogP contribution in [0, 0.1) is 0 Å². The Labute approximate surface area is 99.9 Å². The fraction of sp³-hybridized carbons (Fsp3) is 0.545. The quantitative estimate of drug-likeness (QED) is 0.572. The van der Waals surface area contributed by atoms with Crippen LogP contribution in [-0.4, -0.2) is 43.9 Å². The van der Waals surface area contributed by atoms with Gasteiger partial charge in [-0.2, -0.15) is 0 Å². The zero-order valence-electron chi connectivity index (χ0n) is 9.81. The minimum atomic E-state index is -0.644. The molecule has 1 aromatic rings. The van der Waals surface area contributed by atoms with Gasteiger partial charge in [0.25, 0.3) is 0 Å². The summed E-state index contributed by atoms with van der Waals surface area (Å²) in [5.41, 5.74) is 0. The van der Waals surface area contributed by atoms with Gasteiger partial charge >= 0.3 is 0 Å². The third-order valence-electron chi connectivity index (χ3n) is 2.08. The van der Waals surface area contributed by atoms with E-state index in [1.165, 1.54) is 0 Å². The molecule has 3 N–H and O–H groups in total. The number of amides is 1. The highest BCUT2D eigenvalue weighted by molar-refractivity contribution is 5.77. The summed E-state index contributed by atoms with van der Waals surface area (Å²) in [6.07, 6.45) is 0.926. The molecule has 1 aromatic heterocycles. The Hall–Kier alpha value is -1.37. The molecule has 0 saturated heterocycles. The van der Waals surface area contributed by atoms with Crippen LogP contribution in [-0.2, 0) is 16.1 Å². The molecule has 0 aliphatic rings. The molecule has 0 bridgehead atoms. The van der Waals surface area contributed by atoms with Gasteiger partial charge in [0.1, 0.15) is 12.4 Å². The average molecular weight is 242 g/mol. The van der Waals surface area contributed by atoms with Gasteiger partial charge in [-0.25, -0.2) is 0 Å². The predicted octanol–water partition coefficient (Wildman–Crippen LogP) is -0.507. The number of carbonyl (C=O) groups excluding carboxylic acids is 1. The molecule has 0 fully saturated rings. The zero-order valence-corrected chi connectivity index (χ0v) is 9.81. The van der Waals surface area contributed by atoms with Crippen LogP contribution >= 0.6 is 0 Å². The number of carbonyl (C=O) groups is 1. The van der Waals surface area contributed by atoms with Crippen molar-refractivity contribution in [2.75, 3.05) is 26.7 Å². The maximum atomic E-state index is 10.9. The lowest BCUT2D eigenvalue weighted by Crippen LogP contribution is -2.37. The third kappa shape index (κ3) is 6.06. The maximum Gasteiger partial charge on any atom is 0.233 e. The summed E-state index contributed by atoms with van der Waals surface area (Å²) in [6, 6.07) is 3.58. The van der Waals surface area contributed by atoms with Crippen LogP contribution in [0.1, 0.15) is 5.76 Å². The number of likely N-dealkylation sites (N-methyl/N-ethyl adjacent to an activating group) is 1. The van der Waals surface area contributed by atoms with E-state index < -0.39 is 6.10 Å². The second-order valence-corrected chi connectivity index (χ2v) is 3.55. The fourth-order valence-corrected chi connectivity index (χ4v) is 1.19. The molecule has 0 spiro atoms. The lowest BCUT2D eigenvalue weighted by molar-refractivity contribution is -0.119. The summed E-state index contributed by atoms with van der Waals surface area (Å²) in [6.45, 7) is 1.03. The van der Waals surface area contributed by atoms with Crippen molar-refractivity contribution in [3.05, 3.63) is 24.2 Å². The topological polar surface area (TPSA) is 83.7 Å². The SMILES string of the molecule is CNC(=O)CNCC(O)COCc1ccco1. The first-order chi connectivity index (χ1) is 8.22. The minimum absolute atomic E-state index is 0.117. The highest BCUT2D eigenvalue weighted by Gasteiger charge is 2.05. The number of furan rings is 1. The van der Waals surface area contributed by atoms with Gasteiger partial charge in [0, 0.05) is 13.6 Å². The number of aliphatic hydroxyl groups is 1. The van der Waals surface area contributed by atoms with Crippen LogP contribution in [0.25, 0.3) is 0 Å². The molecule has 1 unspecified atom stereocenters. The van der Waals surface area contributed by atoms with Crippen LogP contribution in [0.2, 0.25) is 0 Å². The molecule has 6 heteroatoms. The molecule has 0 radical (unpaired) electrons. The Morgan fingerprint density at radius 2 is 2.47 bits per heavy atom. The largest absolute Gasteiger partial charge is 0.467 e. The number of rotatable bonds is 8. The van der Waals surface area contributed by atoms with Crippen LogP contribution in [0.4, 0.5) is 0 Å². The number of nitrogens with one attached hydrogen (secondary N) is 2. The van der Waals surface area contributed by atoms with Crippen LogP contribution in [0.3, 0.4) is 0 Å². The van der Waals surface area contributed by atoms with E-state index in [2.05, 4.69) is 10.6 Å². The molecule has 1 heterocycles. The molecular formula is C11H18N2O4. The highest BCUT2D eigenvalue weighted by atomic mass is 16.5. The van der Waals surface area contributed by atoms with Crippen molar-refractivity contribution in [3.8, 4) is 0 Å². The number of hydrogen-bond donors (Lipinski definition) is 3. The third-order valence-corrected chi connectivity index (χ3v) is 2.08. The number of aliphatic hydroxyl groups excluding tert-OH is 1. The van der Waals surface area contributed by atoms with E-state index in [0.29, 0.717) is 13.2 Å². The smallest absolute Gasteiger partial charge is 0.233 e. The second-order valence-electron chi connectivity index (χ2n) is 3.55. The lowest BCUT2D eigenvalue weighted by Gasteiger charge is -2.11. The molecule has 0 aromatic carbocycles. The molecular weight excluding hydrogens is 224 g/mol. The number of hydrogen-bond acceptors (Lipinski definition) is 5. The Morgan fingerprint density at radius 1 is 1.65 bits per heavy atom. The zero-order chi connectivity index (χ0) is 12.5. The Balaban J connectivity index is 2.01. The summed E-state index contributed by atoms with van der Waals surface area (Å²) >= 11 is 0. The molecule has 0 saturated carbocycles. The van der Waals surface area contributed by atoms with E-state index in [4.69, 9.17) is 9.15 Å². The molecule has 6 nitrogen and oxygen atoms in total.